The third kappa shape index (κ3) is 4.48. The van der Waals surface area contributed by atoms with Crippen molar-refractivity contribution in [1.29, 1.82) is 5.26 Å². The molecule has 1 aliphatic heterocycles. The Morgan fingerprint density at radius 3 is 2.77 bits per heavy atom. The second-order valence-electron chi connectivity index (χ2n) is 9.95. The highest BCUT2D eigenvalue weighted by Gasteiger charge is 2.33. The van der Waals surface area contributed by atoms with Crippen LogP contribution < -0.4 is 15.0 Å². The fraction of sp³-hybridized carbons (Fsp3) is 0.259. The number of halogens is 1. The molecule has 1 aromatic carbocycles. The SMILES string of the molecule is Cc1c(Oc2ccn3ncnc3c2)ccc(Nc2ncnc3ccc(N4CCN(C#N)C(C)(C)C4)nc23)c1F. The van der Waals surface area contributed by atoms with Gasteiger partial charge in [0.2, 0.25) is 0 Å². The van der Waals surface area contributed by atoms with E-state index >= 15 is 4.39 Å². The van der Waals surface area contributed by atoms with Crippen molar-refractivity contribution in [3.8, 4) is 17.7 Å². The minimum absolute atomic E-state index is 0.240. The quantitative estimate of drug-likeness (QED) is 0.331. The Morgan fingerprint density at radius 1 is 1.08 bits per heavy atom. The van der Waals surface area contributed by atoms with Crippen molar-refractivity contribution in [2.24, 2.45) is 0 Å². The number of piperazine rings is 1. The molecule has 1 aliphatic rings. The van der Waals surface area contributed by atoms with Crippen LogP contribution in [0.3, 0.4) is 0 Å². The maximum atomic E-state index is 15.5. The number of fused-ring (bicyclic) bond motifs is 2. The van der Waals surface area contributed by atoms with Crippen LogP contribution >= 0.6 is 0 Å². The summed E-state index contributed by atoms with van der Waals surface area (Å²) in [6.07, 6.45) is 6.87. The Balaban J connectivity index is 1.27. The molecule has 0 atom stereocenters. The van der Waals surface area contributed by atoms with Gasteiger partial charge in [0.15, 0.2) is 23.5 Å². The second-order valence-corrected chi connectivity index (χ2v) is 9.95. The van der Waals surface area contributed by atoms with Gasteiger partial charge in [-0.2, -0.15) is 10.4 Å². The van der Waals surface area contributed by atoms with Crippen LogP contribution in [-0.4, -0.2) is 59.6 Å². The molecule has 39 heavy (non-hydrogen) atoms. The number of rotatable bonds is 5. The molecule has 0 radical (unpaired) electrons. The maximum Gasteiger partial charge on any atom is 0.179 e. The molecule has 4 aromatic heterocycles. The molecule has 0 bridgehead atoms. The zero-order chi connectivity index (χ0) is 27.1. The summed E-state index contributed by atoms with van der Waals surface area (Å²) in [6.45, 7) is 7.62. The van der Waals surface area contributed by atoms with Crippen molar-refractivity contribution in [3.63, 3.8) is 0 Å². The lowest BCUT2D eigenvalue weighted by atomic mass is 9.99. The van der Waals surface area contributed by atoms with E-state index < -0.39 is 5.82 Å². The number of ether oxygens (including phenoxy) is 1. The molecule has 5 heterocycles. The fourth-order valence-electron chi connectivity index (χ4n) is 4.72. The molecule has 1 fully saturated rings. The lowest BCUT2D eigenvalue weighted by molar-refractivity contribution is 0.175. The van der Waals surface area contributed by atoms with Crippen molar-refractivity contribution in [2.45, 2.75) is 26.3 Å². The van der Waals surface area contributed by atoms with Crippen molar-refractivity contribution in [3.05, 3.63) is 66.6 Å². The van der Waals surface area contributed by atoms with E-state index in [0.29, 0.717) is 59.2 Å². The number of pyridine rings is 2. The standard InChI is InChI=1S/C27H25FN10O/c1-17-21(39-18-8-9-38-23(12-18)31-16-33-38)6-4-19(24(17)28)34-26-25-20(30-15-32-26)5-7-22(35-25)36-10-11-37(14-29)27(2,3)13-36/h4-9,12,15-16H,10-11,13H2,1-3H3,(H,30,32,34). The van der Waals surface area contributed by atoms with E-state index in [2.05, 4.69) is 36.5 Å². The first kappa shape index (κ1) is 24.3. The van der Waals surface area contributed by atoms with Gasteiger partial charge in [0.05, 0.1) is 16.7 Å². The summed E-state index contributed by atoms with van der Waals surface area (Å²) >= 11 is 0. The van der Waals surface area contributed by atoms with E-state index in [1.54, 1.807) is 46.8 Å². The molecule has 0 amide bonds. The monoisotopic (exact) mass is 524 g/mol. The molecule has 12 heteroatoms. The number of nitrogens with zero attached hydrogens (tertiary/aromatic N) is 9. The summed E-state index contributed by atoms with van der Waals surface area (Å²) in [5.41, 5.74) is 2.03. The van der Waals surface area contributed by atoms with E-state index in [1.165, 1.54) is 12.7 Å². The number of nitrogens with one attached hydrogen (secondary N) is 1. The molecule has 1 saturated heterocycles. The van der Waals surface area contributed by atoms with Crippen LogP contribution in [0, 0.1) is 24.2 Å². The van der Waals surface area contributed by atoms with Crippen LogP contribution in [0.2, 0.25) is 0 Å². The Kier molecular flexibility index (Phi) is 5.83. The minimum atomic E-state index is -0.464. The van der Waals surface area contributed by atoms with Gasteiger partial charge in [0.1, 0.15) is 35.5 Å². The fourth-order valence-corrected chi connectivity index (χ4v) is 4.72. The summed E-state index contributed by atoms with van der Waals surface area (Å²) in [7, 11) is 0. The van der Waals surface area contributed by atoms with Gasteiger partial charge in [-0.05, 0) is 51.1 Å². The number of benzene rings is 1. The van der Waals surface area contributed by atoms with Crippen LogP contribution in [0.4, 0.5) is 21.7 Å². The smallest absolute Gasteiger partial charge is 0.179 e. The summed E-state index contributed by atoms with van der Waals surface area (Å²) in [5, 5.41) is 16.6. The van der Waals surface area contributed by atoms with E-state index in [9.17, 15) is 5.26 Å². The van der Waals surface area contributed by atoms with Crippen LogP contribution in [0.15, 0.2) is 55.2 Å². The van der Waals surface area contributed by atoms with Gasteiger partial charge in [0, 0.05) is 37.5 Å². The highest BCUT2D eigenvalue weighted by Crippen LogP contribution is 2.33. The van der Waals surface area contributed by atoms with Crippen molar-refractivity contribution in [1.82, 2.24) is 34.4 Å². The number of nitriles is 1. The zero-order valence-electron chi connectivity index (χ0n) is 21.6. The van der Waals surface area contributed by atoms with Gasteiger partial charge in [0.25, 0.3) is 0 Å². The molecule has 5 aromatic rings. The van der Waals surface area contributed by atoms with Crippen LogP contribution in [0.5, 0.6) is 11.5 Å². The van der Waals surface area contributed by atoms with Crippen LogP contribution in [0.1, 0.15) is 19.4 Å². The van der Waals surface area contributed by atoms with Crippen molar-refractivity contribution >= 4 is 34.0 Å². The Bertz CT molecular complexity index is 1740. The maximum absolute atomic E-state index is 15.5. The Hall–Kier alpha value is -5.05. The molecule has 6 rings (SSSR count). The minimum Gasteiger partial charge on any atom is -0.457 e. The van der Waals surface area contributed by atoms with Gasteiger partial charge in [-0.1, -0.05) is 0 Å². The number of hydrogen-bond acceptors (Lipinski definition) is 10. The summed E-state index contributed by atoms with van der Waals surface area (Å²) in [6, 6.07) is 10.6. The Morgan fingerprint density at radius 2 is 1.95 bits per heavy atom. The van der Waals surface area contributed by atoms with Gasteiger partial charge in [-0.3, -0.25) is 0 Å². The van der Waals surface area contributed by atoms with Crippen LogP contribution in [-0.2, 0) is 0 Å². The van der Waals surface area contributed by atoms with Gasteiger partial charge < -0.3 is 19.9 Å². The zero-order valence-corrected chi connectivity index (χ0v) is 21.6. The average molecular weight is 525 g/mol. The highest BCUT2D eigenvalue weighted by molar-refractivity contribution is 5.88. The first-order chi connectivity index (χ1) is 18.8. The Labute approximate surface area is 223 Å². The molecular weight excluding hydrogens is 499 g/mol. The largest absolute Gasteiger partial charge is 0.457 e. The molecule has 0 saturated carbocycles. The second kappa shape index (κ2) is 9.36. The predicted octanol–water partition coefficient (Wildman–Crippen LogP) is 4.43. The molecular formula is C27H25FN10O. The van der Waals surface area contributed by atoms with E-state index in [0.717, 1.165) is 5.82 Å². The van der Waals surface area contributed by atoms with Gasteiger partial charge >= 0.3 is 0 Å². The first-order valence-electron chi connectivity index (χ1n) is 12.4. The molecule has 11 nitrogen and oxygen atoms in total. The summed E-state index contributed by atoms with van der Waals surface area (Å²) < 4.78 is 23.1. The lowest BCUT2D eigenvalue weighted by Crippen LogP contribution is -2.57. The lowest BCUT2D eigenvalue weighted by Gasteiger charge is -2.44. The van der Waals surface area contributed by atoms with E-state index in [1.807, 2.05) is 26.0 Å². The third-order valence-corrected chi connectivity index (χ3v) is 6.88. The summed E-state index contributed by atoms with van der Waals surface area (Å²) in [4.78, 5) is 21.6. The summed E-state index contributed by atoms with van der Waals surface area (Å²) in [5.74, 6) is 1.58. The van der Waals surface area contributed by atoms with Crippen molar-refractivity contribution in [2.75, 3.05) is 29.9 Å². The van der Waals surface area contributed by atoms with Gasteiger partial charge in [-0.25, -0.2) is 28.8 Å². The molecule has 0 unspecified atom stereocenters. The topological polar surface area (TPSA) is 120 Å². The normalized spacial score (nSPS) is 14.9. The van der Waals surface area contributed by atoms with Crippen LogP contribution in [0.25, 0.3) is 16.7 Å². The average Bonchev–Trinajstić information content (AvgIpc) is 3.40. The predicted molar refractivity (Wildman–Crippen MR) is 143 cm³/mol. The molecule has 0 aliphatic carbocycles. The van der Waals surface area contributed by atoms with E-state index in [-0.39, 0.29) is 11.2 Å². The van der Waals surface area contributed by atoms with Gasteiger partial charge in [-0.15, -0.1) is 0 Å². The number of anilines is 3. The molecule has 0 spiro atoms. The van der Waals surface area contributed by atoms with Crippen molar-refractivity contribution < 1.29 is 9.13 Å². The molecule has 1 N–H and O–H groups in total. The highest BCUT2D eigenvalue weighted by atomic mass is 19.1. The first-order valence-corrected chi connectivity index (χ1v) is 12.4. The number of hydrogen-bond donors (Lipinski definition) is 1. The van der Waals surface area contributed by atoms with E-state index in [4.69, 9.17) is 9.72 Å². The number of aromatic nitrogens is 6. The molecule has 196 valence electrons. The third-order valence-electron chi connectivity index (χ3n) is 6.88.